The van der Waals surface area contributed by atoms with Crippen molar-refractivity contribution in [2.24, 2.45) is 17.8 Å². The molecule has 1 fully saturated rings. The molecule has 166 valence electrons. The Kier molecular flexibility index (Phi) is 7.47. The number of amides is 2. The summed E-state index contributed by atoms with van der Waals surface area (Å²) in [6.07, 6.45) is -1.01. The molecule has 0 saturated carbocycles. The van der Waals surface area contributed by atoms with E-state index in [4.69, 9.17) is 4.74 Å². The van der Waals surface area contributed by atoms with E-state index in [1.54, 1.807) is 11.8 Å². The molecule has 1 aliphatic rings. The highest BCUT2D eigenvalue weighted by molar-refractivity contribution is 7.98. The first-order chi connectivity index (χ1) is 14.8. The first-order valence-corrected chi connectivity index (χ1v) is 12.1. The third-order valence-corrected chi connectivity index (χ3v) is 7.57. The Morgan fingerprint density at radius 2 is 1.61 bits per heavy atom. The van der Waals surface area contributed by atoms with Crippen molar-refractivity contribution < 1.29 is 14.3 Å². The lowest BCUT2D eigenvalue weighted by Gasteiger charge is -2.40. The molecule has 0 spiro atoms. The van der Waals surface area contributed by atoms with E-state index >= 15 is 0 Å². The predicted molar refractivity (Wildman–Crippen MR) is 127 cm³/mol. The van der Waals surface area contributed by atoms with Gasteiger partial charge in [-0.15, -0.1) is 0 Å². The number of carbonyl (C=O) groups excluding carboxylic acids is 2. The van der Waals surface area contributed by atoms with Crippen molar-refractivity contribution >= 4 is 23.8 Å². The Balaban J connectivity index is 1.83. The molecule has 3 rings (SSSR count). The molecule has 0 radical (unpaired) electrons. The normalized spacial score (nSPS) is 22.1. The summed E-state index contributed by atoms with van der Waals surface area (Å²) < 4.78 is 5.82. The van der Waals surface area contributed by atoms with Gasteiger partial charge in [0.1, 0.15) is 0 Å². The van der Waals surface area contributed by atoms with Crippen LogP contribution in [0.5, 0.6) is 0 Å². The molecule has 0 N–H and O–H groups in total. The summed E-state index contributed by atoms with van der Waals surface area (Å²) in [6, 6.07) is 20.0. The van der Waals surface area contributed by atoms with Gasteiger partial charge in [0.2, 0.25) is 5.91 Å². The van der Waals surface area contributed by atoms with E-state index in [1.807, 2.05) is 69.3 Å². The SMILES string of the molecule is CC(C)[C@H](CSCc1ccccc1)C(=O)N1C(=O)O[C@H](c2ccccc2)[C@@]1(C)C(C)C. The summed E-state index contributed by atoms with van der Waals surface area (Å²) in [6.45, 7) is 10.2. The van der Waals surface area contributed by atoms with Crippen LogP contribution in [0.25, 0.3) is 0 Å². The number of benzene rings is 2. The zero-order chi connectivity index (χ0) is 22.6. The summed E-state index contributed by atoms with van der Waals surface area (Å²) in [5, 5.41) is 0. The number of hydrogen-bond acceptors (Lipinski definition) is 4. The molecule has 2 aromatic carbocycles. The van der Waals surface area contributed by atoms with Crippen molar-refractivity contribution in [2.75, 3.05) is 5.75 Å². The fourth-order valence-electron chi connectivity index (χ4n) is 4.10. The van der Waals surface area contributed by atoms with Gasteiger partial charge < -0.3 is 4.74 Å². The van der Waals surface area contributed by atoms with E-state index in [-0.39, 0.29) is 23.7 Å². The van der Waals surface area contributed by atoms with Crippen molar-refractivity contribution in [3.63, 3.8) is 0 Å². The topological polar surface area (TPSA) is 46.6 Å². The van der Waals surface area contributed by atoms with Crippen LogP contribution in [-0.2, 0) is 15.3 Å². The van der Waals surface area contributed by atoms with Crippen molar-refractivity contribution in [1.29, 1.82) is 0 Å². The third kappa shape index (κ3) is 4.82. The fourth-order valence-corrected chi connectivity index (χ4v) is 5.43. The van der Waals surface area contributed by atoms with Gasteiger partial charge in [0.15, 0.2) is 6.10 Å². The molecule has 2 aromatic rings. The van der Waals surface area contributed by atoms with Crippen LogP contribution in [-0.4, -0.2) is 28.2 Å². The number of cyclic esters (lactones) is 1. The summed E-state index contributed by atoms with van der Waals surface area (Å²) in [4.78, 5) is 28.2. The minimum absolute atomic E-state index is 0.0397. The number of nitrogens with zero attached hydrogens (tertiary/aromatic N) is 1. The fraction of sp³-hybridized carbons (Fsp3) is 0.462. The van der Waals surface area contributed by atoms with Gasteiger partial charge in [-0.25, -0.2) is 9.69 Å². The monoisotopic (exact) mass is 439 g/mol. The lowest BCUT2D eigenvalue weighted by molar-refractivity contribution is -0.138. The van der Waals surface area contributed by atoms with E-state index in [0.29, 0.717) is 5.75 Å². The number of thioether (sulfide) groups is 1. The van der Waals surface area contributed by atoms with Gasteiger partial charge >= 0.3 is 6.09 Å². The lowest BCUT2D eigenvalue weighted by Crippen LogP contribution is -2.55. The maximum atomic E-state index is 13.7. The Hall–Kier alpha value is -2.27. The van der Waals surface area contributed by atoms with E-state index in [1.165, 1.54) is 10.5 Å². The molecule has 1 heterocycles. The van der Waals surface area contributed by atoms with Crippen LogP contribution in [0.15, 0.2) is 60.7 Å². The molecular formula is C26H33NO3S. The quantitative estimate of drug-likeness (QED) is 0.482. The molecule has 0 bridgehead atoms. The summed E-state index contributed by atoms with van der Waals surface area (Å²) in [5.41, 5.74) is 1.41. The minimum atomic E-state index is -0.743. The maximum absolute atomic E-state index is 13.7. The Morgan fingerprint density at radius 1 is 1.03 bits per heavy atom. The number of imide groups is 1. The standard InChI is InChI=1S/C26H33NO3S/c1-18(2)22(17-31-16-20-12-8-6-9-13-20)24(28)27-25(29)30-23(26(27,5)19(3)4)21-14-10-7-11-15-21/h6-15,18-19,22-23H,16-17H2,1-5H3/t22-,23+,26+/m0/s1. The number of ether oxygens (including phenoxy) is 1. The van der Waals surface area contributed by atoms with E-state index in [9.17, 15) is 9.59 Å². The zero-order valence-corrected chi connectivity index (χ0v) is 19.9. The van der Waals surface area contributed by atoms with Crippen LogP contribution in [0.1, 0.15) is 51.8 Å². The Morgan fingerprint density at radius 3 is 2.16 bits per heavy atom. The van der Waals surface area contributed by atoms with Crippen molar-refractivity contribution in [3.8, 4) is 0 Å². The van der Waals surface area contributed by atoms with Crippen LogP contribution < -0.4 is 0 Å². The third-order valence-electron chi connectivity index (χ3n) is 6.44. The smallest absolute Gasteiger partial charge is 0.417 e. The van der Waals surface area contributed by atoms with Crippen molar-refractivity contribution in [1.82, 2.24) is 4.90 Å². The van der Waals surface area contributed by atoms with Crippen LogP contribution in [0, 0.1) is 17.8 Å². The molecular weight excluding hydrogens is 406 g/mol. The van der Waals surface area contributed by atoms with E-state index < -0.39 is 17.7 Å². The first-order valence-electron chi connectivity index (χ1n) is 11.0. The van der Waals surface area contributed by atoms with Crippen LogP contribution in [0.3, 0.4) is 0 Å². The largest absolute Gasteiger partial charge is 0.438 e. The van der Waals surface area contributed by atoms with E-state index in [0.717, 1.165) is 11.3 Å². The predicted octanol–water partition coefficient (Wildman–Crippen LogP) is 6.33. The highest BCUT2D eigenvalue weighted by atomic mass is 32.2. The van der Waals surface area contributed by atoms with Gasteiger partial charge in [-0.2, -0.15) is 11.8 Å². The van der Waals surface area contributed by atoms with E-state index in [2.05, 4.69) is 26.0 Å². The molecule has 3 atom stereocenters. The number of hydrogen-bond donors (Lipinski definition) is 0. The van der Waals surface area contributed by atoms with Gasteiger partial charge in [0, 0.05) is 11.5 Å². The van der Waals surface area contributed by atoms with Crippen LogP contribution >= 0.6 is 11.8 Å². The lowest BCUT2D eigenvalue weighted by atomic mass is 9.78. The van der Waals surface area contributed by atoms with Gasteiger partial charge in [-0.1, -0.05) is 88.4 Å². The van der Waals surface area contributed by atoms with Gasteiger partial charge in [0.05, 0.1) is 11.5 Å². The summed E-state index contributed by atoms with van der Waals surface area (Å²) in [5.74, 6) is 1.28. The second-order valence-corrected chi connectivity index (χ2v) is 10.1. The van der Waals surface area contributed by atoms with Gasteiger partial charge in [-0.05, 0) is 29.9 Å². The molecule has 1 saturated heterocycles. The van der Waals surface area contributed by atoms with Gasteiger partial charge in [0.25, 0.3) is 0 Å². The maximum Gasteiger partial charge on any atom is 0.417 e. The first kappa shape index (κ1) is 23.4. The number of carbonyl (C=O) groups is 2. The number of rotatable bonds is 8. The Labute approximate surface area is 190 Å². The van der Waals surface area contributed by atoms with Crippen molar-refractivity contribution in [2.45, 2.75) is 52.0 Å². The molecule has 4 nitrogen and oxygen atoms in total. The highest BCUT2D eigenvalue weighted by Crippen LogP contribution is 2.46. The molecule has 0 unspecified atom stereocenters. The second kappa shape index (κ2) is 9.90. The second-order valence-electron chi connectivity index (χ2n) is 9.08. The minimum Gasteiger partial charge on any atom is -0.438 e. The molecule has 1 aliphatic heterocycles. The zero-order valence-electron chi connectivity index (χ0n) is 19.1. The summed E-state index contributed by atoms with van der Waals surface area (Å²) in [7, 11) is 0. The highest BCUT2D eigenvalue weighted by Gasteiger charge is 2.57. The molecule has 31 heavy (non-hydrogen) atoms. The Bertz CT molecular complexity index is 884. The molecule has 5 heteroatoms. The van der Waals surface area contributed by atoms with Crippen LogP contribution in [0.4, 0.5) is 4.79 Å². The average Bonchev–Trinajstić information content (AvgIpc) is 3.03. The average molecular weight is 440 g/mol. The summed E-state index contributed by atoms with van der Waals surface area (Å²) >= 11 is 1.74. The van der Waals surface area contributed by atoms with Gasteiger partial charge in [-0.3, -0.25) is 4.79 Å². The molecule has 0 aromatic heterocycles. The van der Waals surface area contributed by atoms with Crippen molar-refractivity contribution in [3.05, 3.63) is 71.8 Å². The molecule has 2 amide bonds. The molecule has 0 aliphatic carbocycles. The van der Waals surface area contributed by atoms with Crippen LogP contribution in [0.2, 0.25) is 0 Å².